The van der Waals surface area contributed by atoms with Crippen molar-refractivity contribution < 1.29 is 9.47 Å². The first-order chi connectivity index (χ1) is 12.4. The molecule has 25 heavy (non-hydrogen) atoms. The molecular weight excluding hydrogens is 312 g/mol. The molecule has 2 aliphatic heterocycles. The Morgan fingerprint density at radius 2 is 1.12 bits per heavy atom. The third-order valence-electron chi connectivity index (χ3n) is 5.16. The summed E-state index contributed by atoms with van der Waals surface area (Å²) in [5, 5.41) is 0. The van der Waals surface area contributed by atoms with E-state index in [1.165, 1.54) is 11.1 Å². The number of hydrogen-bond acceptors (Lipinski definition) is 4. The van der Waals surface area contributed by atoms with Gasteiger partial charge in [-0.05, 0) is 24.0 Å². The second kappa shape index (κ2) is 8.11. The maximum absolute atomic E-state index is 5.76. The van der Waals surface area contributed by atoms with Gasteiger partial charge in [0.1, 0.15) is 13.5 Å². The van der Waals surface area contributed by atoms with Crippen molar-refractivity contribution in [1.82, 2.24) is 9.80 Å². The number of ether oxygens (including phenoxy) is 2. The Balaban J connectivity index is 1.36. The molecule has 0 saturated carbocycles. The Morgan fingerprint density at radius 1 is 0.680 bits per heavy atom. The highest BCUT2D eigenvalue weighted by Crippen LogP contribution is 2.20. The van der Waals surface area contributed by atoms with Crippen LogP contribution in [0.2, 0.25) is 0 Å². The van der Waals surface area contributed by atoms with Crippen LogP contribution in [-0.2, 0) is 22.3 Å². The summed E-state index contributed by atoms with van der Waals surface area (Å²) in [5.41, 5.74) is 2.75. The first-order valence-corrected chi connectivity index (χ1v) is 9.10. The highest BCUT2D eigenvalue weighted by atomic mass is 16.5. The summed E-state index contributed by atoms with van der Waals surface area (Å²) in [6.45, 7) is 3.97. The van der Waals surface area contributed by atoms with Crippen molar-refractivity contribution in [2.24, 2.45) is 0 Å². The molecule has 132 valence electrons. The summed E-state index contributed by atoms with van der Waals surface area (Å²) in [6, 6.07) is 22.3. The zero-order valence-electron chi connectivity index (χ0n) is 14.6. The molecule has 4 heteroatoms. The van der Waals surface area contributed by atoms with E-state index >= 15 is 0 Å². The van der Waals surface area contributed by atoms with Crippen molar-refractivity contribution >= 4 is 0 Å². The molecule has 0 bridgehead atoms. The standard InChI is InChI=1S/C21H26N2O2/c1-3-7-18(8-4-1)11-20-13-24-16-22(20)15-23-17-25-14-21(23)12-19-9-5-2-6-10-19/h1-10,20-21H,11-17H2/t20-,21-/m0/s1. The van der Waals surface area contributed by atoms with E-state index in [-0.39, 0.29) is 0 Å². The Bertz CT molecular complexity index is 592. The van der Waals surface area contributed by atoms with Crippen LogP contribution in [-0.4, -0.2) is 55.2 Å². The topological polar surface area (TPSA) is 24.9 Å². The van der Waals surface area contributed by atoms with Crippen molar-refractivity contribution in [2.75, 3.05) is 33.3 Å². The lowest BCUT2D eigenvalue weighted by molar-refractivity contribution is 0.0534. The quantitative estimate of drug-likeness (QED) is 0.809. The molecule has 0 N–H and O–H groups in total. The van der Waals surface area contributed by atoms with E-state index in [9.17, 15) is 0 Å². The fraction of sp³-hybridized carbons (Fsp3) is 0.429. The predicted molar refractivity (Wildman–Crippen MR) is 98.1 cm³/mol. The monoisotopic (exact) mass is 338 g/mol. The van der Waals surface area contributed by atoms with Gasteiger partial charge in [0.2, 0.25) is 0 Å². The average Bonchev–Trinajstić information content (AvgIpc) is 3.27. The molecule has 4 rings (SSSR count). The van der Waals surface area contributed by atoms with E-state index in [1.54, 1.807) is 0 Å². The van der Waals surface area contributed by atoms with Gasteiger partial charge in [-0.1, -0.05) is 60.7 Å². The molecule has 2 saturated heterocycles. The number of benzene rings is 2. The molecule has 2 fully saturated rings. The molecule has 2 heterocycles. The smallest absolute Gasteiger partial charge is 0.100 e. The maximum atomic E-state index is 5.76. The predicted octanol–water partition coefficient (Wildman–Crippen LogP) is 2.75. The van der Waals surface area contributed by atoms with Crippen LogP contribution in [0.15, 0.2) is 60.7 Å². The molecule has 0 radical (unpaired) electrons. The first kappa shape index (κ1) is 16.7. The maximum Gasteiger partial charge on any atom is 0.100 e. The van der Waals surface area contributed by atoms with Crippen LogP contribution in [0.4, 0.5) is 0 Å². The Labute approximate surface area is 150 Å². The zero-order chi connectivity index (χ0) is 16.9. The molecule has 0 spiro atoms. The van der Waals surface area contributed by atoms with Gasteiger partial charge in [-0.2, -0.15) is 0 Å². The summed E-state index contributed by atoms with van der Waals surface area (Å²) in [5.74, 6) is 0. The van der Waals surface area contributed by atoms with Gasteiger partial charge in [0.05, 0.1) is 19.9 Å². The van der Waals surface area contributed by atoms with Crippen molar-refractivity contribution in [3.63, 3.8) is 0 Å². The molecule has 0 unspecified atom stereocenters. The Morgan fingerprint density at radius 3 is 1.56 bits per heavy atom. The van der Waals surface area contributed by atoms with Crippen LogP contribution in [0.1, 0.15) is 11.1 Å². The van der Waals surface area contributed by atoms with Crippen LogP contribution in [0.25, 0.3) is 0 Å². The van der Waals surface area contributed by atoms with Gasteiger partial charge in [-0.3, -0.25) is 9.80 Å². The molecule has 4 nitrogen and oxygen atoms in total. The average molecular weight is 338 g/mol. The molecule has 2 aromatic carbocycles. The van der Waals surface area contributed by atoms with Gasteiger partial charge in [0.25, 0.3) is 0 Å². The fourth-order valence-corrected chi connectivity index (χ4v) is 3.73. The van der Waals surface area contributed by atoms with Gasteiger partial charge < -0.3 is 9.47 Å². The van der Waals surface area contributed by atoms with Crippen molar-refractivity contribution in [2.45, 2.75) is 24.9 Å². The normalized spacial score (nSPS) is 24.8. The lowest BCUT2D eigenvalue weighted by atomic mass is 10.1. The van der Waals surface area contributed by atoms with E-state index < -0.39 is 0 Å². The van der Waals surface area contributed by atoms with Gasteiger partial charge in [-0.25, -0.2) is 0 Å². The minimum absolute atomic E-state index is 0.445. The van der Waals surface area contributed by atoms with Crippen LogP contribution < -0.4 is 0 Å². The minimum Gasteiger partial charge on any atom is -0.364 e. The lowest BCUT2D eigenvalue weighted by Crippen LogP contribution is -2.45. The number of hydrogen-bond donors (Lipinski definition) is 0. The highest BCUT2D eigenvalue weighted by molar-refractivity contribution is 5.17. The Hall–Kier alpha value is -1.72. The Kier molecular flexibility index (Phi) is 5.43. The van der Waals surface area contributed by atoms with Gasteiger partial charge in [0.15, 0.2) is 0 Å². The second-order valence-corrected chi connectivity index (χ2v) is 7.01. The number of nitrogens with zero attached hydrogens (tertiary/aromatic N) is 2. The zero-order valence-corrected chi connectivity index (χ0v) is 14.6. The molecule has 2 atom stereocenters. The van der Waals surface area contributed by atoms with Crippen LogP contribution >= 0.6 is 0 Å². The van der Waals surface area contributed by atoms with Crippen LogP contribution in [0, 0.1) is 0 Å². The SMILES string of the molecule is c1ccc(C[C@H]2COCN2CN2COC[C@@H]2Cc2ccccc2)cc1. The van der Waals surface area contributed by atoms with E-state index in [4.69, 9.17) is 9.47 Å². The van der Waals surface area contributed by atoms with Gasteiger partial charge in [0, 0.05) is 12.1 Å². The van der Waals surface area contributed by atoms with E-state index in [0.29, 0.717) is 25.5 Å². The summed E-state index contributed by atoms with van der Waals surface area (Å²) in [6.07, 6.45) is 2.08. The van der Waals surface area contributed by atoms with Crippen molar-refractivity contribution in [3.8, 4) is 0 Å². The molecule has 2 aromatic rings. The van der Waals surface area contributed by atoms with Gasteiger partial charge in [-0.15, -0.1) is 0 Å². The van der Waals surface area contributed by atoms with E-state index in [0.717, 1.165) is 32.7 Å². The first-order valence-electron chi connectivity index (χ1n) is 9.10. The highest BCUT2D eigenvalue weighted by Gasteiger charge is 2.32. The van der Waals surface area contributed by atoms with Crippen LogP contribution in [0.3, 0.4) is 0 Å². The third-order valence-corrected chi connectivity index (χ3v) is 5.16. The summed E-state index contributed by atoms with van der Waals surface area (Å²) in [4.78, 5) is 4.89. The second-order valence-electron chi connectivity index (χ2n) is 7.01. The largest absolute Gasteiger partial charge is 0.364 e. The van der Waals surface area contributed by atoms with Crippen molar-refractivity contribution in [1.29, 1.82) is 0 Å². The molecular formula is C21H26N2O2. The fourth-order valence-electron chi connectivity index (χ4n) is 3.73. The third kappa shape index (κ3) is 4.28. The van der Waals surface area contributed by atoms with E-state index in [1.807, 2.05) is 0 Å². The summed E-state index contributed by atoms with van der Waals surface area (Å²) in [7, 11) is 0. The lowest BCUT2D eigenvalue weighted by Gasteiger charge is -2.30. The van der Waals surface area contributed by atoms with E-state index in [2.05, 4.69) is 70.5 Å². The molecule has 0 aliphatic carbocycles. The molecule has 0 amide bonds. The summed E-state index contributed by atoms with van der Waals surface area (Å²) < 4.78 is 11.5. The minimum atomic E-state index is 0.445. The number of rotatable bonds is 6. The molecule has 2 aliphatic rings. The van der Waals surface area contributed by atoms with Gasteiger partial charge >= 0.3 is 0 Å². The van der Waals surface area contributed by atoms with Crippen molar-refractivity contribution in [3.05, 3.63) is 71.8 Å². The van der Waals surface area contributed by atoms with Crippen LogP contribution in [0.5, 0.6) is 0 Å². The molecule has 0 aromatic heterocycles. The summed E-state index contributed by atoms with van der Waals surface area (Å²) >= 11 is 0.